The van der Waals surface area contributed by atoms with Gasteiger partial charge in [-0.15, -0.1) is 0 Å². The van der Waals surface area contributed by atoms with Crippen LogP contribution in [0.4, 0.5) is 19.0 Å². The second kappa shape index (κ2) is 12.5. The van der Waals surface area contributed by atoms with Crippen LogP contribution in [0, 0.1) is 5.92 Å². The summed E-state index contributed by atoms with van der Waals surface area (Å²) in [5.41, 5.74) is 2.68. The molecule has 182 valence electrons. The molecule has 1 atom stereocenters. The maximum absolute atomic E-state index is 10.6. The number of hydrogen-bond acceptors (Lipinski definition) is 6. The highest BCUT2D eigenvalue weighted by Crippen LogP contribution is 2.23. The predicted molar refractivity (Wildman–Crippen MR) is 121 cm³/mol. The van der Waals surface area contributed by atoms with Crippen LogP contribution in [0.5, 0.6) is 5.75 Å². The van der Waals surface area contributed by atoms with E-state index in [1.54, 1.807) is 0 Å². The van der Waals surface area contributed by atoms with Gasteiger partial charge < -0.3 is 20.3 Å². The molecule has 0 aliphatic heterocycles. The topological polar surface area (TPSA) is 105 Å². The van der Waals surface area contributed by atoms with Crippen LogP contribution in [0.3, 0.4) is 0 Å². The fourth-order valence-corrected chi connectivity index (χ4v) is 2.59. The third-order valence-corrected chi connectivity index (χ3v) is 4.30. The highest BCUT2D eigenvalue weighted by atomic mass is 19.4. The minimum Gasteiger partial charge on any atom is -0.493 e. The van der Waals surface area contributed by atoms with E-state index in [1.165, 1.54) is 6.33 Å². The zero-order valence-corrected chi connectivity index (χ0v) is 18.7. The molecule has 0 fully saturated rings. The number of nitrogens with one attached hydrogen (secondary N) is 1. The summed E-state index contributed by atoms with van der Waals surface area (Å²) in [6.45, 7) is 5.32. The number of halogens is 3. The standard InChI is InChI=1S/C22H25N3O2.C2HF3O2/c1-16(2)14-27-19-10-8-17(9-11-19)20-12-22(25-15-24-20)23-13-21(26)18-6-4-3-5-7-18;3-2(4,5)1(6)7/h3-12,15-16,21,26H,13-14H2,1-2H3,(H,23,24,25);(H,6,7)/t21-;/m0./s1. The Morgan fingerprint density at radius 3 is 2.24 bits per heavy atom. The zero-order valence-electron chi connectivity index (χ0n) is 18.7. The van der Waals surface area contributed by atoms with E-state index >= 15 is 0 Å². The van der Waals surface area contributed by atoms with Crippen LogP contribution in [-0.4, -0.2) is 45.5 Å². The van der Waals surface area contributed by atoms with Gasteiger partial charge in [-0.3, -0.25) is 0 Å². The second-order valence-corrected chi connectivity index (χ2v) is 7.63. The van der Waals surface area contributed by atoms with Crippen LogP contribution in [0.25, 0.3) is 11.3 Å². The summed E-state index contributed by atoms with van der Waals surface area (Å²) >= 11 is 0. The maximum Gasteiger partial charge on any atom is 0.490 e. The van der Waals surface area contributed by atoms with E-state index in [0.29, 0.717) is 24.9 Å². The number of carbonyl (C=O) groups is 1. The zero-order chi connectivity index (χ0) is 25.1. The minimum absolute atomic E-state index is 0.377. The quantitative estimate of drug-likeness (QED) is 0.421. The molecule has 2 aromatic carbocycles. The van der Waals surface area contributed by atoms with Gasteiger partial charge in [-0.25, -0.2) is 14.8 Å². The van der Waals surface area contributed by atoms with E-state index in [0.717, 1.165) is 22.6 Å². The van der Waals surface area contributed by atoms with Gasteiger partial charge in [0.2, 0.25) is 0 Å². The fraction of sp³-hybridized carbons (Fsp3) is 0.292. The molecule has 0 saturated heterocycles. The van der Waals surface area contributed by atoms with Gasteiger partial charge in [0, 0.05) is 18.2 Å². The molecular weight excluding hydrogens is 451 g/mol. The van der Waals surface area contributed by atoms with Crippen molar-refractivity contribution in [3.8, 4) is 17.0 Å². The Bertz CT molecular complexity index is 1030. The third kappa shape index (κ3) is 9.07. The number of anilines is 1. The van der Waals surface area contributed by atoms with E-state index in [4.69, 9.17) is 14.6 Å². The molecule has 0 radical (unpaired) electrons. The molecule has 3 rings (SSSR count). The Labute approximate surface area is 195 Å². The van der Waals surface area contributed by atoms with Gasteiger partial charge >= 0.3 is 12.1 Å². The first kappa shape index (κ1) is 26.6. The Balaban J connectivity index is 0.000000509. The van der Waals surface area contributed by atoms with E-state index in [-0.39, 0.29) is 0 Å². The molecule has 0 amide bonds. The van der Waals surface area contributed by atoms with Gasteiger partial charge in [0.05, 0.1) is 18.4 Å². The van der Waals surface area contributed by atoms with Crippen molar-refractivity contribution in [2.45, 2.75) is 26.1 Å². The highest BCUT2D eigenvalue weighted by molar-refractivity contribution is 5.73. The molecule has 0 bridgehead atoms. The molecule has 3 N–H and O–H groups in total. The van der Waals surface area contributed by atoms with E-state index < -0.39 is 18.2 Å². The van der Waals surface area contributed by atoms with E-state index in [2.05, 4.69) is 29.1 Å². The lowest BCUT2D eigenvalue weighted by Crippen LogP contribution is -2.21. The van der Waals surface area contributed by atoms with Crippen LogP contribution >= 0.6 is 0 Å². The van der Waals surface area contributed by atoms with Gasteiger partial charge in [-0.05, 0) is 35.7 Å². The number of carboxylic acid groups (broad SMARTS) is 1. The van der Waals surface area contributed by atoms with Gasteiger partial charge in [-0.2, -0.15) is 13.2 Å². The summed E-state index contributed by atoms with van der Waals surface area (Å²) in [6.07, 6.45) is -4.16. The van der Waals surface area contributed by atoms with Crippen molar-refractivity contribution in [3.63, 3.8) is 0 Å². The molecule has 3 aromatic rings. The number of hydrogen-bond donors (Lipinski definition) is 3. The second-order valence-electron chi connectivity index (χ2n) is 7.63. The number of carboxylic acids is 1. The van der Waals surface area contributed by atoms with Crippen molar-refractivity contribution in [2.24, 2.45) is 5.92 Å². The lowest BCUT2D eigenvalue weighted by atomic mass is 10.1. The molecule has 0 aliphatic rings. The van der Waals surface area contributed by atoms with E-state index in [9.17, 15) is 18.3 Å². The molecular formula is C24H26F3N3O4. The molecule has 7 nitrogen and oxygen atoms in total. The predicted octanol–water partition coefficient (Wildman–Crippen LogP) is 4.96. The molecule has 34 heavy (non-hydrogen) atoms. The Morgan fingerprint density at radius 1 is 1.06 bits per heavy atom. The smallest absolute Gasteiger partial charge is 0.490 e. The summed E-state index contributed by atoms with van der Waals surface area (Å²) < 4.78 is 37.5. The Hall–Kier alpha value is -3.66. The lowest BCUT2D eigenvalue weighted by Gasteiger charge is -2.13. The Kier molecular flexibility index (Phi) is 9.81. The monoisotopic (exact) mass is 477 g/mol. The fourth-order valence-electron chi connectivity index (χ4n) is 2.59. The van der Waals surface area contributed by atoms with Crippen molar-refractivity contribution >= 4 is 11.8 Å². The number of aliphatic hydroxyl groups excluding tert-OH is 1. The number of nitrogens with zero attached hydrogens (tertiary/aromatic N) is 2. The number of aromatic nitrogens is 2. The van der Waals surface area contributed by atoms with Crippen LogP contribution in [0.2, 0.25) is 0 Å². The van der Waals surface area contributed by atoms with Crippen molar-refractivity contribution in [1.29, 1.82) is 0 Å². The number of ether oxygens (including phenoxy) is 1. The molecule has 10 heteroatoms. The largest absolute Gasteiger partial charge is 0.493 e. The molecule has 1 aromatic heterocycles. The minimum atomic E-state index is -5.08. The molecule has 0 aliphatic carbocycles. The first-order valence-electron chi connectivity index (χ1n) is 10.4. The van der Waals surface area contributed by atoms with Crippen molar-refractivity contribution < 1.29 is 32.9 Å². The van der Waals surface area contributed by atoms with Gasteiger partial charge in [0.15, 0.2) is 0 Å². The van der Waals surface area contributed by atoms with Crippen molar-refractivity contribution in [1.82, 2.24) is 9.97 Å². The summed E-state index contributed by atoms with van der Waals surface area (Å²) in [5.74, 6) is -0.736. The van der Waals surface area contributed by atoms with Gasteiger partial charge in [-0.1, -0.05) is 44.2 Å². The van der Waals surface area contributed by atoms with Crippen LogP contribution in [-0.2, 0) is 4.79 Å². The number of alkyl halides is 3. The summed E-state index contributed by atoms with van der Waals surface area (Å²) in [7, 11) is 0. The van der Waals surface area contributed by atoms with Crippen LogP contribution in [0.1, 0.15) is 25.5 Å². The SMILES string of the molecule is CC(C)COc1ccc(-c2cc(NC[C@H](O)c3ccccc3)ncn2)cc1.O=C(O)C(F)(F)F. The summed E-state index contributed by atoms with van der Waals surface area (Å²) in [4.78, 5) is 17.5. The average Bonchev–Trinajstić information content (AvgIpc) is 2.82. The van der Waals surface area contributed by atoms with Gasteiger partial charge in [0.1, 0.15) is 17.9 Å². The van der Waals surface area contributed by atoms with Crippen LogP contribution < -0.4 is 10.1 Å². The summed E-state index contributed by atoms with van der Waals surface area (Å²) in [5, 5.41) is 20.6. The summed E-state index contributed by atoms with van der Waals surface area (Å²) in [6, 6.07) is 19.3. The molecule has 0 spiro atoms. The van der Waals surface area contributed by atoms with E-state index in [1.807, 2.05) is 60.7 Å². The molecule has 0 unspecified atom stereocenters. The first-order chi connectivity index (χ1) is 16.1. The first-order valence-corrected chi connectivity index (χ1v) is 10.4. The van der Waals surface area contributed by atoms with Crippen molar-refractivity contribution in [2.75, 3.05) is 18.5 Å². The normalized spacial score (nSPS) is 11.9. The number of aliphatic hydroxyl groups is 1. The lowest BCUT2D eigenvalue weighted by molar-refractivity contribution is -0.192. The number of rotatable bonds is 8. The number of benzene rings is 2. The highest BCUT2D eigenvalue weighted by Gasteiger charge is 2.38. The number of aliphatic carboxylic acids is 1. The third-order valence-electron chi connectivity index (χ3n) is 4.30. The van der Waals surface area contributed by atoms with Crippen LogP contribution in [0.15, 0.2) is 67.0 Å². The van der Waals surface area contributed by atoms with Gasteiger partial charge in [0.25, 0.3) is 0 Å². The maximum atomic E-state index is 10.6. The average molecular weight is 477 g/mol. The molecule has 1 heterocycles. The molecule has 0 saturated carbocycles. The van der Waals surface area contributed by atoms with Crippen molar-refractivity contribution in [3.05, 3.63) is 72.6 Å². The Morgan fingerprint density at radius 2 is 1.68 bits per heavy atom.